The SMILES string of the molecule is CC[C@H](C)[C@@H]1NC(=O)[C@H](CC2CC2)N(C)C(=O)C[C@@H](C(=O)N(C)C)N(C)C(=O)[C@H](C2CCCC2)N(C)C(=O)C2(CCCC2)NC(=O)[C@@H]2CCCN2C(=O)[C@H](CCC2CC(F)C(C(F)(F)F)C(F)C2)NC(=O)CN(C)C(=O)[C@H](CC2CCC(C(F)(F)F)CC2)N2C[C@H](C)[C@H](C)C[C@@H](C2=O)N(C)C(=O)CN(C)C1=O. The number of rotatable bonds is 11. The average Bonchev–Trinajstić information content (AvgIpc) is 1.75. The summed E-state index contributed by atoms with van der Waals surface area (Å²) in [6, 6.07) is -10.9. The van der Waals surface area contributed by atoms with Crippen LogP contribution >= 0.6 is 0 Å². The Bertz CT molecular complexity index is 3200. The van der Waals surface area contributed by atoms with E-state index in [0.717, 1.165) is 27.5 Å². The molecule has 8 fully saturated rings. The monoisotopic (exact) mass is 1530 g/mol. The molecule has 0 radical (unpaired) electrons. The zero-order valence-corrected chi connectivity index (χ0v) is 64.4. The summed E-state index contributed by atoms with van der Waals surface area (Å²) in [5.41, 5.74) is -1.66. The van der Waals surface area contributed by atoms with Gasteiger partial charge in [-0.25, -0.2) is 8.78 Å². The van der Waals surface area contributed by atoms with Crippen molar-refractivity contribution < 1.29 is 92.7 Å². The number of alkyl halides is 8. The zero-order chi connectivity index (χ0) is 79.2. The molecule has 2 bridgehead atoms. The van der Waals surface area contributed by atoms with Crippen LogP contribution in [0.15, 0.2) is 0 Å². The van der Waals surface area contributed by atoms with Crippen molar-refractivity contribution in [1.82, 2.24) is 60.0 Å². The molecule has 0 aromatic carbocycles. The van der Waals surface area contributed by atoms with Crippen molar-refractivity contribution in [2.24, 2.45) is 53.3 Å². The van der Waals surface area contributed by atoms with Crippen LogP contribution in [0.2, 0.25) is 0 Å². The fourth-order valence-corrected chi connectivity index (χ4v) is 17.8. The van der Waals surface area contributed by atoms with Crippen LogP contribution in [0.4, 0.5) is 35.1 Å². The topological polar surface area (TPSA) is 270 Å². The number of carbonyl (C=O) groups is 12. The summed E-state index contributed by atoms with van der Waals surface area (Å²) >= 11 is 0. The Kier molecular flexibility index (Phi) is 28.7. The summed E-state index contributed by atoms with van der Waals surface area (Å²) in [5.74, 6) is -16.8. The lowest BCUT2D eigenvalue weighted by molar-refractivity contribution is -0.219. The van der Waals surface area contributed by atoms with Crippen LogP contribution in [-0.4, -0.2) is 276 Å². The van der Waals surface area contributed by atoms with Gasteiger partial charge in [0.1, 0.15) is 72.1 Å². The van der Waals surface area contributed by atoms with E-state index in [2.05, 4.69) is 16.0 Å². The van der Waals surface area contributed by atoms with E-state index in [9.17, 15) is 55.1 Å². The highest BCUT2D eigenvalue weighted by Crippen LogP contribution is 2.46. The molecule has 12 amide bonds. The largest absolute Gasteiger partial charge is 0.397 e. The number of hydrogen-bond acceptors (Lipinski definition) is 12. The van der Waals surface area contributed by atoms with Crippen LogP contribution < -0.4 is 16.0 Å². The first-order valence-electron chi connectivity index (χ1n) is 38.8. The van der Waals surface area contributed by atoms with Gasteiger partial charge in [-0.1, -0.05) is 72.6 Å². The highest BCUT2D eigenvalue weighted by molar-refractivity contribution is 6.01. The standard InChI is InChI=1S/C75H116F8N12O12/c1-13-42(2)62-70(105)89(8)41-60(98)91(10)55-33-43(3)44(4)39-95(69(55)104)57(37-46-24-27-49(28-25-46)74(78,79)80)68(103)88(7)40-58(96)84-52(29-26-47-34-50(76)61(51(77)35-47)75(81,82)83)66(101)94-32-18-21-53(94)65(100)86-73(30-16-17-31-73)72(107)93(12)63(48-19-14-15-20-48)71(106)92(11)56(67(102)87(5)6)38-59(97)90(9)54(64(99)85-62)36-45-22-23-45/h42-57,61-63H,13-41H2,1-12H3,(H,84,96)(H,85,99)(H,86,100)/t42-,43+,44-,46?,47?,49?,50?,51?,52-,53-,54-,55-,56-,57-,61?,62-,63-/m0/s1. The first-order chi connectivity index (χ1) is 50.1. The van der Waals surface area contributed by atoms with E-state index in [0.29, 0.717) is 44.9 Å². The van der Waals surface area contributed by atoms with E-state index in [1.54, 1.807) is 13.8 Å². The predicted molar refractivity (Wildman–Crippen MR) is 377 cm³/mol. The summed E-state index contributed by atoms with van der Waals surface area (Å²) in [4.78, 5) is 192. The lowest BCUT2D eigenvalue weighted by atomic mass is 9.76. The van der Waals surface area contributed by atoms with E-state index >= 15 is 37.5 Å². The lowest BCUT2D eigenvalue weighted by Crippen LogP contribution is -2.65. The fourth-order valence-electron chi connectivity index (χ4n) is 17.8. The Morgan fingerprint density at radius 3 is 1.71 bits per heavy atom. The first kappa shape index (κ1) is 85.7. The molecule has 3 N–H and O–H groups in total. The average molecular weight is 1530 g/mol. The van der Waals surface area contributed by atoms with Crippen molar-refractivity contribution in [2.75, 3.05) is 82.6 Å². The van der Waals surface area contributed by atoms with Crippen molar-refractivity contribution in [3.8, 4) is 0 Å². The van der Waals surface area contributed by atoms with Crippen LogP contribution in [0.5, 0.6) is 0 Å². The smallest absolute Gasteiger partial charge is 0.347 e. The third-order valence-corrected chi connectivity index (χ3v) is 25.3. The van der Waals surface area contributed by atoms with E-state index in [1.807, 2.05) is 13.8 Å². The molecule has 0 aromatic heterocycles. The number of nitrogens with one attached hydrogen (secondary N) is 3. The maximum atomic E-state index is 15.6. The van der Waals surface area contributed by atoms with Gasteiger partial charge in [0.2, 0.25) is 70.9 Å². The number of halogens is 8. The second-order valence-electron chi connectivity index (χ2n) is 33.1. The molecule has 24 nitrogen and oxygen atoms in total. The normalized spacial score (nSPS) is 33.4. The van der Waals surface area contributed by atoms with Crippen molar-refractivity contribution >= 4 is 70.9 Å². The minimum Gasteiger partial charge on any atom is -0.347 e. The highest BCUT2D eigenvalue weighted by Gasteiger charge is 2.56. The summed E-state index contributed by atoms with van der Waals surface area (Å²) in [5, 5.41) is 8.53. The molecule has 107 heavy (non-hydrogen) atoms. The van der Waals surface area contributed by atoms with Gasteiger partial charge in [-0.15, -0.1) is 0 Å². The van der Waals surface area contributed by atoms with E-state index in [-0.39, 0.29) is 108 Å². The zero-order valence-electron chi connectivity index (χ0n) is 64.4. The fraction of sp³-hybridized carbons (Fsp3) is 0.840. The molecule has 8 aliphatic rings. The molecular weight excluding hydrogens is 1410 g/mol. The van der Waals surface area contributed by atoms with Gasteiger partial charge in [-0.2, -0.15) is 26.3 Å². The maximum Gasteiger partial charge on any atom is 0.397 e. The van der Waals surface area contributed by atoms with Crippen LogP contribution in [0.1, 0.15) is 188 Å². The van der Waals surface area contributed by atoms with Gasteiger partial charge >= 0.3 is 12.4 Å². The third-order valence-electron chi connectivity index (χ3n) is 25.3. The van der Waals surface area contributed by atoms with Gasteiger partial charge in [-0.05, 0) is 151 Å². The molecule has 5 saturated carbocycles. The summed E-state index contributed by atoms with van der Waals surface area (Å²) in [6.45, 7) is 5.56. The summed E-state index contributed by atoms with van der Waals surface area (Å²) < 4.78 is 115. The lowest BCUT2D eigenvalue weighted by Gasteiger charge is -2.42. The molecule has 3 saturated heterocycles. The van der Waals surface area contributed by atoms with Gasteiger partial charge in [0, 0.05) is 69.5 Å². The molecule has 13 atom stereocenters. The van der Waals surface area contributed by atoms with Crippen molar-refractivity contribution in [1.29, 1.82) is 0 Å². The maximum absolute atomic E-state index is 15.6. The minimum absolute atomic E-state index is 0.0135. The number of hydrogen-bond donors (Lipinski definition) is 3. The molecule has 604 valence electrons. The van der Waals surface area contributed by atoms with Crippen LogP contribution in [0.3, 0.4) is 0 Å². The second-order valence-corrected chi connectivity index (χ2v) is 33.1. The second kappa shape index (κ2) is 35.8. The Hall–Kier alpha value is -6.92. The van der Waals surface area contributed by atoms with Gasteiger partial charge in [0.05, 0.1) is 25.4 Å². The number of likely N-dealkylation sites (N-methyl/N-ethyl adjacent to an activating group) is 7. The quantitative estimate of drug-likeness (QED) is 0.180. The molecule has 3 heterocycles. The Morgan fingerprint density at radius 2 is 1.15 bits per heavy atom. The van der Waals surface area contributed by atoms with Crippen molar-refractivity contribution in [3.05, 3.63) is 0 Å². The van der Waals surface area contributed by atoms with Crippen LogP contribution in [0.25, 0.3) is 0 Å². The molecule has 5 aliphatic carbocycles. The molecule has 2 unspecified atom stereocenters. The van der Waals surface area contributed by atoms with Gasteiger partial charge in [-0.3, -0.25) is 57.5 Å². The molecule has 32 heteroatoms. The van der Waals surface area contributed by atoms with Crippen LogP contribution in [0, 0.1) is 53.3 Å². The summed E-state index contributed by atoms with van der Waals surface area (Å²) in [6.07, 6.45) is -12.7. The Morgan fingerprint density at radius 1 is 0.570 bits per heavy atom. The molecular formula is C75H116F8N12O12. The molecule has 0 aromatic rings. The van der Waals surface area contributed by atoms with E-state index in [4.69, 9.17) is 0 Å². The number of nitrogens with zero attached hydrogens (tertiary/aromatic N) is 9. The first-order valence-corrected chi connectivity index (χ1v) is 38.8. The summed E-state index contributed by atoms with van der Waals surface area (Å²) in [7, 11) is 11.1. The van der Waals surface area contributed by atoms with Crippen molar-refractivity contribution in [3.63, 3.8) is 0 Å². The molecule has 8 rings (SSSR count). The number of carbonyl (C=O) groups excluding carboxylic acids is 12. The molecule has 1 spiro atoms. The van der Waals surface area contributed by atoms with Crippen molar-refractivity contribution in [2.45, 2.75) is 267 Å². The Balaban J connectivity index is 1.19. The van der Waals surface area contributed by atoms with Gasteiger partial charge in [0.25, 0.3) is 0 Å². The number of amides is 12. The highest BCUT2D eigenvalue weighted by atomic mass is 19.4. The molecule has 3 aliphatic heterocycles. The Labute approximate surface area is 623 Å². The van der Waals surface area contributed by atoms with E-state index < -0.39 is 224 Å². The van der Waals surface area contributed by atoms with Gasteiger partial charge < -0.3 is 60.0 Å². The number of fused-ring (bicyclic) bond motifs is 3. The third kappa shape index (κ3) is 20.4. The van der Waals surface area contributed by atoms with Crippen LogP contribution in [-0.2, 0) is 57.5 Å². The minimum atomic E-state index is -5.20. The van der Waals surface area contributed by atoms with E-state index in [1.165, 1.54) is 85.8 Å². The predicted octanol–water partition coefficient (Wildman–Crippen LogP) is 6.81. The van der Waals surface area contributed by atoms with Gasteiger partial charge in [0.15, 0.2) is 0 Å².